The molecule has 2 aliphatic rings. The number of para-hydroxylation sites is 1. The Morgan fingerprint density at radius 1 is 1.23 bits per heavy atom. The van der Waals surface area contributed by atoms with Crippen molar-refractivity contribution in [3.63, 3.8) is 0 Å². The molecule has 2 aromatic rings. The minimum absolute atomic E-state index is 0.00581. The lowest BCUT2D eigenvalue weighted by molar-refractivity contribution is -0.119. The molecule has 2 aliphatic heterocycles. The first kappa shape index (κ1) is 21.0. The number of benzene rings is 1. The Kier molecular flexibility index (Phi) is 6.79. The second-order valence-corrected chi connectivity index (χ2v) is 8.91. The summed E-state index contributed by atoms with van der Waals surface area (Å²) in [5.41, 5.74) is 1.04. The van der Waals surface area contributed by atoms with Crippen molar-refractivity contribution in [1.82, 2.24) is 20.1 Å². The second-order valence-electron chi connectivity index (χ2n) is 7.97. The van der Waals surface area contributed by atoms with E-state index in [0.717, 1.165) is 48.5 Å². The molecule has 30 heavy (non-hydrogen) atoms. The fourth-order valence-corrected chi connectivity index (χ4v) is 4.52. The van der Waals surface area contributed by atoms with Crippen molar-refractivity contribution >= 4 is 23.6 Å². The van der Waals surface area contributed by atoms with Crippen LogP contribution in [0.5, 0.6) is 5.75 Å². The number of hydrogen-bond donors (Lipinski definition) is 1. The van der Waals surface area contributed by atoms with Gasteiger partial charge in [0.25, 0.3) is 0 Å². The number of ether oxygens (including phenoxy) is 2. The maximum atomic E-state index is 12.7. The lowest BCUT2D eigenvalue weighted by Crippen LogP contribution is -2.38. The molecule has 8 nitrogen and oxygen atoms in total. The van der Waals surface area contributed by atoms with Gasteiger partial charge >= 0.3 is 0 Å². The summed E-state index contributed by atoms with van der Waals surface area (Å²) in [6, 6.07) is 7.88. The van der Waals surface area contributed by atoms with Crippen LogP contribution >= 0.6 is 11.8 Å². The van der Waals surface area contributed by atoms with E-state index in [-0.39, 0.29) is 11.9 Å². The number of hydrogen-bond acceptors (Lipinski definition) is 7. The number of aromatic nitrogens is 3. The van der Waals surface area contributed by atoms with Gasteiger partial charge in [-0.25, -0.2) is 0 Å². The first-order valence-electron chi connectivity index (χ1n) is 10.5. The number of morpholine rings is 1. The lowest BCUT2D eigenvalue weighted by Gasteiger charge is -2.28. The van der Waals surface area contributed by atoms with Crippen LogP contribution in [0.2, 0.25) is 0 Å². The van der Waals surface area contributed by atoms with Gasteiger partial charge in [-0.2, -0.15) is 0 Å². The topological polar surface area (TPSA) is 81.5 Å². The zero-order chi connectivity index (χ0) is 20.9. The standard InChI is InChI=1S/C21H29N5O3S/c1-15(2)13-26-20(25-8-11-28-12-9-25)23-24-21(26)30-14-19(27)22-17-7-10-29-18-6-4-3-5-16(17)18/h3-6,15,17H,7-14H2,1-2H3,(H,22,27)/t17-/m1/s1. The van der Waals surface area contributed by atoms with Crippen molar-refractivity contribution in [2.45, 2.75) is 38.0 Å². The van der Waals surface area contributed by atoms with E-state index in [1.807, 2.05) is 24.3 Å². The molecule has 4 rings (SSSR count). The molecule has 1 amide bonds. The molecule has 1 saturated heterocycles. The third kappa shape index (κ3) is 4.89. The van der Waals surface area contributed by atoms with Crippen molar-refractivity contribution in [2.75, 3.05) is 43.6 Å². The first-order chi connectivity index (χ1) is 14.6. The predicted octanol–water partition coefficient (Wildman–Crippen LogP) is 2.50. The summed E-state index contributed by atoms with van der Waals surface area (Å²) in [6.45, 7) is 8.80. The number of carbonyl (C=O) groups is 1. The van der Waals surface area contributed by atoms with Crippen LogP contribution in [0.15, 0.2) is 29.4 Å². The van der Waals surface area contributed by atoms with Crippen LogP contribution in [0.3, 0.4) is 0 Å². The number of nitrogens with one attached hydrogen (secondary N) is 1. The molecule has 162 valence electrons. The van der Waals surface area contributed by atoms with Crippen molar-refractivity contribution in [3.8, 4) is 5.75 Å². The molecule has 0 unspecified atom stereocenters. The Hall–Kier alpha value is -2.26. The molecular formula is C21H29N5O3S. The summed E-state index contributed by atoms with van der Waals surface area (Å²) in [6.07, 6.45) is 0.776. The Labute approximate surface area is 181 Å². The number of amides is 1. The first-order valence-corrected chi connectivity index (χ1v) is 11.5. The molecule has 0 aliphatic carbocycles. The maximum absolute atomic E-state index is 12.7. The van der Waals surface area contributed by atoms with Gasteiger partial charge in [-0.15, -0.1) is 10.2 Å². The van der Waals surface area contributed by atoms with Crippen molar-refractivity contribution in [1.29, 1.82) is 0 Å². The minimum atomic E-state index is -0.0134. The molecule has 0 bridgehead atoms. The summed E-state index contributed by atoms with van der Waals surface area (Å²) in [7, 11) is 0. The number of nitrogens with zero attached hydrogens (tertiary/aromatic N) is 4. The van der Waals surface area contributed by atoms with E-state index in [1.165, 1.54) is 11.8 Å². The van der Waals surface area contributed by atoms with Crippen LogP contribution in [0, 0.1) is 5.92 Å². The van der Waals surface area contributed by atoms with Crippen LogP contribution in [0.4, 0.5) is 5.95 Å². The van der Waals surface area contributed by atoms with Crippen LogP contribution in [0.1, 0.15) is 31.9 Å². The largest absolute Gasteiger partial charge is 0.493 e. The zero-order valence-corrected chi connectivity index (χ0v) is 18.4. The summed E-state index contributed by atoms with van der Waals surface area (Å²) < 4.78 is 13.3. The Bertz CT molecular complexity index is 866. The Balaban J connectivity index is 1.41. The van der Waals surface area contributed by atoms with E-state index in [2.05, 4.69) is 38.8 Å². The number of rotatable bonds is 7. The van der Waals surface area contributed by atoms with Crippen molar-refractivity contribution in [2.24, 2.45) is 5.92 Å². The SMILES string of the molecule is CC(C)Cn1c(SCC(=O)N[C@@H]2CCOc3ccccc32)nnc1N1CCOCC1. The summed E-state index contributed by atoms with van der Waals surface area (Å²) in [4.78, 5) is 14.9. The van der Waals surface area contributed by atoms with E-state index in [0.29, 0.717) is 31.5 Å². The number of anilines is 1. The van der Waals surface area contributed by atoms with Crippen LogP contribution in [-0.2, 0) is 16.1 Å². The minimum Gasteiger partial charge on any atom is -0.493 e. The molecule has 9 heteroatoms. The highest BCUT2D eigenvalue weighted by Crippen LogP contribution is 2.31. The van der Waals surface area contributed by atoms with Gasteiger partial charge in [-0.3, -0.25) is 9.36 Å². The molecule has 1 aromatic carbocycles. The van der Waals surface area contributed by atoms with Gasteiger partial charge in [0.05, 0.1) is 31.6 Å². The third-order valence-electron chi connectivity index (χ3n) is 5.17. The molecule has 0 saturated carbocycles. The van der Waals surface area contributed by atoms with E-state index in [9.17, 15) is 4.79 Å². The van der Waals surface area contributed by atoms with E-state index in [1.54, 1.807) is 0 Å². The lowest BCUT2D eigenvalue weighted by atomic mass is 10.0. The molecule has 1 aromatic heterocycles. The van der Waals surface area contributed by atoms with Gasteiger partial charge in [0.2, 0.25) is 11.9 Å². The number of thioether (sulfide) groups is 1. The second kappa shape index (κ2) is 9.70. The third-order valence-corrected chi connectivity index (χ3v) is 6.13. The van der Waals surface area contributed by atoms with Gasteiger partial charge in [0.1, 0.15) is 5.75 Å². The van der Waals surface area contributed by atoms with Crippen molar-refractivity contribution < 1.29 is 14.3 Å². The maximum Gasteiger partial charge on any atom is 0.230 e. The van der Waals surface area contributed by atoms with Gasteiger partial charge in [-0.1, -0.05) is 43.8 Å². The highest BCUT2D eigenvalue weighted by Gasteiger charge is 2.24. The van der Waals surface area contributed by atoms with E-state index >= 15 is 0 Å². The fraction of sp³-hybridized carbons (Fsp3) is 0.571. The average Bonchev–Trinajstić information content (AvgIpc) is 3.15. The van der Waals surface area contributed by atoms with Gasteiger partial charge < -0.3 is 19.7 Å². The number of fused-ring (bicyclic) bond motifs is 1. The molecule has 0 spiro atoms. The van der Waals surface area contributed by atoms with Gasteiger partial charge in [-0.05, 0) is 12.0 Å². The van der Waals surface area contributed by atoms with Gasteiger partial charge in [0, 0.05) is 31.6 Å². The Morgan fingerprint density at radius 2 is 2.03 bits per heavy atom. The van der Waals surface area contributed by atoms with Gasteiger partial charge in [0.15, 0.2) is 5.16 Å². The Morgan fingerprint density at radius 3 is 2.83 bits per heavy atom. The van der Waals surface area contributed by atoms with Crippen LogP contribution in [0.25, 0.3) is 0 Å². The van der Waals surface area contributed by atoms with Crippen LogP contribution in [-0.4, -0.2) is 59.3 Å². The molecule has 0 radical (unpaired) electrons. The van der Waals surface area contributed by atoms with Crippen molar-refractivity contribution in [3.05, 3.63) is 29.8 Å². The predicted molar refractivity (Wildman–Crippen MR) is 116 cm³/mol. The smallest absolute Gasteiger partial charge is 0.230 e. The monoisotopic (exact) mass is 431 g/mol. The molecule has 1 fully saturated rings. The van der Waals surface area contributed by atoms with Crippen LogP contribution < -0.4 is 15.0 Å². The fourth-order valence-electron chi connectivity index (χ4n) is 3.77. The molecular weight excluding hydrogens is 402 g/mol. The highest BCUT2D eigenvalue weighted by molar-refractivity contribution is 7.99. The highest BCUT2D eigenvalue weighted by atomic mass is 32.2. The molecule has 1 atom stereocenters. The molecule has 1 N–H and O–H groups in total. The van der Waals surface area contributed by atoms with E-state index < -0.39 is 0 Å². The average molecular weight is 432 g/mol. The summed E-state index contributed by atoms with van der Waals surface area (Å²) >= 11 is 1.44. The number of carbonyl (C=O) groups excluding carboxylic acids is 1. The zero-order valence-electron chi connectivity index (χ0n) is 17.5. The summed E-state index contributed by atoms with van der Waals surface area (Å²) in [5, 5.41) is 12.8. The van der Waals surface area contributed by atoms with E-state index in [4.69, 9.17) is 9.47 Å². The molecule has 3 heterocycles. The normalized spacial score (nSPS) is 18.8. The quantitative estimate of drug-likeness (QED) is 0.675. The summed E-state index contributed by atoms with van der Waals surface area (Å²) in [5.74, 6) is 2.47.